The van der Waals surface area contributed by atoms with Crippen molar-refractivity contribution < 1.29 is 4.74 Å². The zero-order valence-electron chi connectivity index (χ0n) is 10.3. The largest absolute Gasteiger partial charge is 0.437 e. The van der Waals surface area contributed by atoms with Gasteiger partial charge in [-0.25, -0.2) is 0 Å². The zero-order chi connectivity index (χ0) is 13.8. The van der Waals surface area contributed by atoms with E-state index in [9.17, 15) is 0 Å². The van der Waals surface area contributed by atoms with Gasteiger partial charge in [-0.1, -0.05) is 46.9 Å². The van der Waals surface area contributed by atoms with Crippen molar-refractivity contribution in [3.05, 3.63) is 51.1 Å². The Hall–Kier alpha value is -0.710. The predicted molar refractivity (Wildman–Crippen MR) is 85.8 cm³/mol. The molecule has 0 unspecified atom stereocenters. The summed E-state index contributed by atoms with van der Waals surface area (Å²) >= 11 is 17.6. The van der Waals surface area contributed by atoms with Gasteiger partial charge in [0.2, 0.25) is 5.88 Å². The topological polar surface area (TPSA) is 48.1 Å². The Balaban J connectivity index is 0.00000200. The summed E-state index contributed by atoms with van der Waals surface area (Å²) in [4.78, 5) is 3.99. The van der Waals surface area contributed by atoms with Crippen LogP contribution in [0.4, 0.5) is 0 Å². The van der Waals surface area contributed by atoms with Crippen molar-refractivity contribution in [3.8, 4) is 11.6 Å². The van der Waals surface area contributed by atoms with E-state index in [2.05, 4.69) is 4.98 Å². The molecule has 0 spiro atoms. The Bertz CT molecular complexity index is 575. The van der Waals surface area contributed by atoms with Gasteiger partial charge in [-0.2, -0.15) is 4.98 Å². The van der Waals surface area contributed by atoms with Crippen LogP contribution >= 0.6 is 47.2 Å². The molecule has 0 saturated heterocycles. The molecule has 0 saturated carbocycles. The molecule has 0 fully saturated rings. The monoisotopic (exact) mass is 352 g/mol. The van der Waals surface area contributed by atoms with Gasteiger partial charge in [-0.3, -0.25) is 0 Å². The Morgan fingerprint density at radius 1 is 1.05 bits per heavy atom. The van der Waals surface area contributed by atoms with Gasteiger partial charge in [-0.05, 0) is 36.7 Å². The molecule has 7 heteroatoms. The third-order valence-electron chi connectivity index (χ3n) is 2.43. The summed E-state index contributed by atoms with van der Waals surface area (Å²) in [5.74, 6) is 0.844. The molecule has 1 aromatic heterocycles. The molecule has 1 heterocycles. The summed E-state index contributed by atoms with van der Waals surface area (Å²) in [6.45, 7) is 0.611. The summed E-state index contributed by atoms with van der Waals surface area (Å²) in [6.07, 6.45) is 0.825. The Kier molecular flexibility index (Phi) is 6.86. The number of halogens is 4. The van der Waals surface area contributed by atoms with Gasteiger partial charge in [-0.15, -0.1) is 12.4 Å². The minimum Gasteiger partial charge on any atom is -0.437 e. The van der Waals surface area contributed by atoms with Crippen LogP contribution in [0.25, 0.3) is 0 Å². The maximum Gasteiger partial charge on any atom is 0.239 e. The fourth-order valence-corrected chi connectivity index (χ4v) is 2.03. The second-order valence-electron chi connectivity index (χ2n) is 3.83. The van der Waals surface area contributed by atoms with Crippen LogP contribution in [-0.2, 0) is 6.42 Å². The molecule has 0 aliphatic heterocycles. The van der Waals surface area contributed by atoms with E-state index in [1.165, 1.54) is 6.07 Å². The average molecular weight is 354 g/mol. The van der Waals surface area contributed by atoms with Crippen LogP contribution in [0.15, 0.2) is 30.3 Å². The smallest absolute Gasteiger partial charge is 0.239 e. The van der Waals surface area contributed by atoms with E-state index < -0.39 is 0 Å². The van der Waals surface area contributed by atoms with Crippen LogP contribution in [0.3, 0.4) is 0 Å². The van der Waals surface area contributed by atoms with Crippen LogP contribution in [-0.4, -0.2) is 11.5 Å². The highest BCUT2D eigenvalue weighted by molar-refractivity contribution is 6.42. The highest BCUT2D eigenvalue weighted by atomic mass is 35.5. The van der Waals surface area contributed by atoms with Crippen LogP contribution in [0, 0.1) is 0 Å². The van der Waals surface area contributed by atoms with E-state index in [0.717, 1.165) is 12.0 Å². The summed E-state index contributed by atoms with van der Waals surface area (Å²) in [5.41, 5.74) is 6.63. The number of aromatic nitrogens is 1. The molecule has 0 aliphatic rings. The zero-order valence-corrected chi connectivity index (χ0v) is 13.4. The minimum atomic E-state index is 0. The molecule has 20 heavy (non-hydrogen) atoms. The van der Waals surface area contributed by atoms with Gasteiger partial charge in [0, 0.05) is 0 Å². The number of hydrogen-bond acceptors (Lipinski definition) is 3. The first kappa shape index (κ1) is 17.3. The lowest BCUT2D eigenvalue weighted by Crippen LogP contribution is -2.02. The van der Waals surface area contributed by atoms with Crippen molar-refractivity contribution in [1.82, 2.24) is 4.98 Å². The standard InChI is InChI=1S/C13H11Cl3N2O.ClH/c14-10-7-11(15)13(18-12(10)16)19-9-3-1-8(2-4-9)5-6-17;/h1-4,7H,5-6,17H2;1H. The molecule has 108 valence electrons. The van der Waals surface area contributed by atoms with Gasteiger partial charge < -0.3 is 10.5 Å². The fourth-order valence-electron chi connectivity index (χ4n) is 1.50. The van der Waals surface area contributed by atoms with Crippen LogP contribution < -0.4 is 10.5 Å². The van der Waals surface area contributed by atoms with Crippen molar-refractivity contribution in [3.63, 3.8) is 0 Å². The van der Waals surface area contributed by atoms with Crippen molar-refractivity contribution in [2.45, 2.75) is 6.42 Å². The van der Waals surface area contributed by atoms with Gasteiger partial charge in [0.15, 0.2) is 5.15 Å². The lowest BCUT2D eigenvalue weighted by Gasteiger charge is -2.08. The maximum atomic E-state index is 5.99. The second kappa shape index (κ2) is 7.91. The molecule has 0 bridgehead atoms. The highest BCUT2D eigenvalue weighted by Gasteiger charge is 2.10. The van der Waals surface area contributed by atoms with Crippen molar-refractivity contribution in [1.29, 1.82) is 0 Å². The molecule has 1 aromatic carbocycles. The fraction of sp³-hybridized carbons (Fsp3) is 0.154. The van der Waals surface area contributed by atoms with Crippen molar-refractivity contribution in [2.24, 2.45) is 5.73 Å². The lowest BCUT2D eigenvalue weighted by atomic mass is 10.1. The van der Waals surface area contributed by atoms with Crippen LogP contribution in [0.5, 0.6) is 11.6 Å². The number of rotatable bonds is 4. The van der Waals surface area contributed by atoms with E-state index in [4.69, 9.17) is 45.3 Å². The molecular formula is C13H12Cl4N2O. The molecule has 2 rings (SSSR count). The molecule has 0 atom stereocenters. The third-order valence-corrected chi connectivity index (χ3v) is 3.37. The van der Waals surface area contributed by atoms with Crippen molar-refractivity contribution in [2.75, 3.05) is 6.54 Å². The molecule has 2 aromatic rings. The number of nitrogens with two attached hydrogens (primary N) is 1. The number of benzene rings is 1. The summed E-state index contributed by atoms with van der Waals surface area (Å²) < 4.78 is 5.56. The Morgan fingerprint density at radius 3 is 2.30 bits per heavy atom. The quantitative estimate of drug-likeness (QED) is 0.806. The minimum absolute atomic E-state index is 0. The van der Waals surface area contributed by atoms with Gasteiger partial charge in [0.1, 0.15) is 10.8 Å². The Labute approximate surface area is 138 Å². The molecule has 2 N–H and O–H groups in total. The molecule has 0 amide bonds. The summed E-state index contributed by atoms with van der Waals surface area (Å²) in [5, 5.41) is 0.749. The van der Waals surface area contributed by atoms with E-state index >= 15 is 0 Å². The van der Waals surface area contributed by atoms with Gasteiger partial charge in [0.25, 0.3) is 0 Å². The normalized spacial score (nSPS) is 10.0. The molecule has 0 aliphatic carbocycles. The van der Waals surface area contributed by atoms with Crippen molar-refractivity contribution >= 4 is 47.2 Å². The number of pyridine rings is 1. The lowest BCUT2D eigenvalue weighted by molar-refractivity contribution is 0.463. The van der Waals surface area contributed by atoms with Gasteiger partial charge in [0.05, 0.1) is 5.02 Å². The van der Waals surface area contributed by atoms with E-state index in [1.807, 2.05) is 24.3 Å². The van der Waals surface area contributed by atoms with Crippen LogP contribution in [0.1, 0.15) is 5.56 Å². The van der Waals surface area contributed by atoms with E-state index in [0.29, 0.717) is 17.3 Å². The first-order valence-electron chi connectivity index (χ1n) is 5.58. The number of hydrogen-bond donors (Lipinski definition) is 1. The second-order valence-corrected chi connectivity index (χ2v) is 5.01. The Morgan fingerprint density at radius 2 is 1.70 bits per heavy atom. The molecule has 0 radical (unpaired) electrons. The molecular weight excluding hydrogens is 342 g/mol. The summed E-state index contributed by atoms with van der Waals surface area (Å²) in [6, 6.07) is 9.02. The summed E-state index contributed by atoms with van der Waals surface area (Å²) in [7, 11) is 0. The van der Waals surface area contributed by atoms with Gasteiger partial charge >= 0.3 is 0 Å². The van der Waals surface area contributed by atoms with E-state index in [-0.39, 0.29) is 28.5 Å². The third kappa shape index (κ3) is 4.40. The maximum absolute atomic E-state index is 5.99. The van der Waals surface area contributed by atoms with Crippen LogP contribution in [0.2, 0.25) is 15.2 Å². The number of nitrogens with zero attached hydrogens (tertiary/aromatic N) is 1. The highest BCUT2D eigenvalue weighted by Crippen LogP contribution is 2.33. The average Bonchev–Trinajstić information content (AvgIpc) is 2.38. The number of ether oxygens (including phenoxy) is 1. The first-order chi connectivity index (χ1) is 9.10. The SMILES string of the molecule is Cl.NCCc1ccc(Oc2nc(Cl)c(Cl)cc2Cl)cc1. The first-order valence-corrected chi connectivity index (χ1v) is 6.72. The predicted octanol–water partition coefficient (Wildman–Crippen LogP) is 4.76. The van der Waals surface area contributed by atoms with E-state index in [1.54, 1.807) is 0 Å². The molecule has 3 nitrogen and oxygen atoms in total.